The normalized spacial score (nSPS) is 40.0. The summed E-state index contributed by atoms with van der Waals surface area (Å²) in [6.45, 7) is 2.26. The van der Waals surface area contributed by atoms with E-state index < -0.39 is 0 Å². The van der Waals surface area contributed by atoms with E-state index in [0.29, 0.717) is 6.04 Å². The minimum atomic E-state index is 0.368. The van der Waals surface area contributed by atoms with Crippen LogP contribution >= 0.6 is 11.6 Å². The average Bonchev–Trinajstić information content (AvgIpc) is 3.10. The second-order valence-corrected chi connectivity index (χ2v) is 7.58. The molecule has 0 heterocycles. The van der Waals surface area contributed by atoms with E-state index in [2.05, 4.69) is 24.4 Å². The summed E-state index contributed by atoms with van der Waals surface area (Å²) in [7, 11) is 0. The van der Waals surface area contributed by atoms with Crippen LogP contribution < -0.4 is 5.32 Å². The number of benzene rings is 1. The van der Waals surface area contributed by atoms with Crippen molar-refractivity contribution in [3.63, 3.8) is 0 Å². The van der Waals surface area contributed by atoms with Gasteiger partial charge in [-0.1, -0.05) is 36.2 Å². The standard InChI is InChI=1S/C18H24ClN/c1-11(13-5-2-3-8-17(13)19)20-18-10-12-9-16(18)15-7-4-6-14(12)15/h2-3,5,8,11-12,14-16,18,20H,4,6-7,9-10H2,1H3. The maximum atomic E-state index is 6.33. The van der Waals surface area contributed by atoms with Crippen LogP contribution in [0, 0.1) is 23.7 Å². The van der Waals surface area contributed by atoms with Crippen LogP contribution in [0.5, 0.6) is 0 Å². The lowest BCUT2D eigenvalue weighted by molar-refractivity contribution is 0.200. The Bertz CT molecular complexity index is 500. The van der Waals surface area contributed by atoms with Gasteiger partial charge in [-0.05, 0) is 67.9 Å². The van der Waals surface area contributed by atoms with Crippen molar-refractivity contribution in [3.8, 4) is 0 Å². The van der Waals surface area contributed by atoms with Gasteiger partial charge in [-0.15, -0.1) is 0 Å². The Morgan fingerprint density at radius 2 is 1.90 bits per heavy atom. The first-order valence-electron chi connectivity index (χ1n) is 8.24. The van der Waals surface area contributed by atoms with E-state index in [1.54, 1.807) is 0 Å². The highest BCUT2D eigenvalue weighted by molar-refractivity contribution is 6.31. The second-order valence-electron chi connectivity index (χ2n) is 7.17. The van der Waals surface area contributed by atoms with E-state index in [-0.39, 0.29) is 0 Å². The highest BCUT2D eigenvalue weighted by Crippen LogP contribution is 2.58. The van der Waals surface area contributed by atoms with Gasteiger partial charge in [-0.25, -0.2) is 0 Å². The van der Waals surface area contributed by atoms with Crippen LogP contribution in [-0.4, -0.2) is 6.04 Å². The first-order valence-corrected chi connectivity index (χ1v) is 8.62. The molecule has 2 bridgehead atoms. The predicted molar refractivity (Wildman–Crippen MR) is 83.8 cm³/mol. The largest absolute Gasteiger partial charge is 0.307 e. The summed E-state index contributed by atoms with van der Waals surface area (Å²) in [6, 6.07) is 9.36. The van der Waals surface area contributed by atoms with Crippen LogP contribution in [-0.2, 0) is 0 Å². The quantitative estimate of drug-likeness (QED) is 0.841. The van der Waals surface area contributed by atoms with Crippen molar-refractivity contribution in [2.24, 2.45) is 23.7 Å². The van der Waals surface area contributed by atoms with Crippen molar-refractivity contribution < 1.29 is 0 Å². The van der Waals surface area contributed by atoms with E-state index in [0.717, 1.165) is 34.7 Å². The highest BCUT2D eigenvalue weighted by Gasteiger charge is 2.53. The summed E-state index contributed by atoms with van der Waals surface area (Å²) < 4.78 is 0. The third-order valence-electron chi connectivity index (χ3n) is 6.26. The molecular formula is C18H24ClN. The predicted octanol–water partition coefficient (Wildman–Crippen LogP) is 4.82. The summed E-state index contributed by atoms with van der Waals surface area (Å²) in [5.41, 5.74) is 1.25. The topological polar surface area (TPSA) is 12.0 Å². The smallest absolute Gasteiger partial charge is 0.0453 e. The maximum Gasteiger partial charge on any atom is 0.0453 e. The molecule has 2 heteroatoms. The Labute approximate surface area is 127 Å². The molecule has 0 amide bonds. The van der Waals surface area contributed by atoms with Gasteiger partial charge in [0.15, 0.2) is 0 Å². The van der Waals surface area contributed by atoms with Crippen LogP contribution in [0.15, 0.2) is 24.3 Å². The number of nitrogens with one attached hydrogen (secondary N) is 1. The van der Waals surface area contributed by atoms with Gasteiger partial charge in [-0.2, -0.15) is 0 Å². The number of rotatable bonds is 3. The van der Waals surface area contributed by atoms with Crippen LogP contribution in [0.1, 0.15) is 50.6 Å². The van der Waals surface area contributed by atoms with Crippen LogP contribution in [0.4, 0.5) is 0 Å². The SMILES string of the molecule is CC(NC1CC2CC1C1CCCC21)c1ccccc1Cl. The molecular weight excluding hydrogens is 266 g/mol. The molecule has 1 aromatic rings. The Hall–Kier alpha value is -0.530. The molecule has 0 aromatic heterocycles. The third-order valence-corrected chi connectivity index (χ3v) is 6.61. The van der Waals surface area contributed by atoms with Crippen LogP contribution in [0.25, 0.3) is 0 Å². The average molecular weight is 290 g/mol. The van der Waals surface area contributed by atoms with Gasteiger partial charge in [-0.3, -0.25) is 0 Å². The van der Waals surface area contributed by atoms with Gasteiger partial charge in [0.1, 0.15) is 0 Å². The zero-order valence-corrected chi connectivity index (χ0v) is 12.9. The van der Waals surface area contributed by atoms with E-state index in [1.165, 1.54) is 37.7 Å². The lowest BCUT2D eigenvalue weighted by Crippen LogP contribution is -2.40. The fourth-order valence-electron chi connectivity index (χ4n) is 5.50. The third kappa shape index (κ3) is 2.02. The number of hydrogen-bond donors (Lipinski definition) is 1. The van der Waals surface area contributed by atoms with E-state index in [1.807, 2.05) is 12.1 Å². The summed E-state index contributed by atoms with van der Waals surface area (Å²) in [5.74, 6) is 4.07. The molecule has 0 aliphatic heterocycles. The number of fused-ring (bicyclic) bond motifs is 5. The van der Waals surface area contributed by atoms with Crippen molar-refractivity contribution in [1.82, 2.24) is 5.32 Å². The number of halogens is 1. The summed E-state index contributed by atoms with van der Waals surface area (Å²) in [4.78, 5) is 0. The van der Waals surface area contributed by atoms with Crippen molar-refractivity contribution in [2.75, 3.05) is 0 Å². The molecule has 4 rings (SSSR count). The monoisotopic (exact) mass is 289 g/mol. The molecule has 108 valence electrons. The Morgan fingerprint density at radius 3 is 2.75 bits per heavy atom. The lowest BCUT2D eigenvalue weighted by Gasteiger charge is -2.34. The van der Waals surface area contributed by atoms with Gasteiger partial charge >= 0.3 is 0 Å². The van der Waals surface area contributed by atoms with Gasteiger partial charge in [0.25, 0.3) is 0 Å². The molecule has 0 saturated heterocycles. The molecule has 20 heavy (non-hydrogen) atoms. The van der Waals surface area contributed by atoms with Crippen molar-refractivity contribution in [2.45, 2.75) is 51.1 Å². The van der Waals surface area contributed by atoms with E-state index in [4.69, 9.17) is 11.6 Å². The minimum Gasteiger partial charge on any atom is -0.307 e. The molecule has 0 radical (unpaired) electrons. The highest BCUT2D eigenvalue weighted by atomic mass is 35.5. The second kappa shape index (κ2) is 5.03. The Morgan fingerprint density at radius 1 is 1.10 bits per heavy atom. The van der Waals surface area contributed by atoms with E-state index >= 15 is 0 Å². The van der Waals surface area contributed by atoms with Crippen molar-refractivity contribution in [3.05, 3.63) is 34.9 Å². The molecule has 3 aliphatic carbocycles. The van der Waals surface area contributed by atoms with Gasteiger partial charge in [0, 0.05) is 17.1 Å². The zero-order chi connectivity index (χ0) is 13.7. The van der Waals surface area contributed by atoms with Gasteiger partial charge in [0.05, 0.1) is 0 Å². The first kappa shape index (κ1) is 13.2. The Balaban J connectivity index is 1.47. The van der Waals surface area contributed by atoms with Gasteiger partial charge < -0.3 is 5.32 Å². The van der Waals surface area contributed by atoms with E-state index in [9.17, 15) is 0 Å². The summed E-state index contributed by atoms with van der Waals surface area (Å²) in [6.07, 6.45) is 7.38. The van der Waals surface area contributed by atoms with Crippen molar-refractivity contribution in [1.29, 1.82) is 0 Å². The zero-order valence-electron chi connectivity index (χ0n) is 12.2. The minimum absolute atomic E-state index is 0.368. The Kier molecular flexibility index (Phi) is 3.31. The van der Waals surface area contributed by atoms with Crippen LogP contribution in [0.2, 0.25) is 5.02 Å². The fourth-order valence-corrected chi connectivity index (χ4v) is 5.80. The van der Waals surface area contributed by atoms with Crippen LogP contribution in [0.3, 0.4) is 0 Å². The molecule has 1 N–H and O–H groups in total. The molecule has 1 nitrogen and oxygen atoms in total. The molecule has 6 atom stereocenters. The van der Waals surface area contributed by atoms with Gasteiger partial charge in [0.2, 0.25) is 0 Å². The maximum absolute atomic E-state index is 6.33. The first-order chi connectivity index (χ1) is 9.74. The fraction of sp³-hybridized carbons (Fsp3) is 0.667. The lowest BCUT2D eigenvalue weighted by atomic mass is 9.79. The molecule has 1 aromatic carbocycles. The molecule has 0 spiro atoms. The molecule has 3 fully saturated rings. The molecule has 3 saturated carbocycles. The summed E-state index contributed by atoms with van der Waals surface area (Å²) in [5, 5.41) is 4.79. The summed E-state index contributed by atoms with van der Waals surface area (Å²) >= 11 is 6.33. The molecule has 3 aliphatic rings. The number of hydrogen-bond acceptors (Lipinski definition) is 1. The van der Waals surface area contributed by atoms with Crippen molar-refractivity contribution >= 4 is 11.6 Å². The molecule has 6 unspecified atom stereocenters.